The average molecular weight is 350 g/mol. The van der Waals surface area contributed by atoms with Crippen molar-refractivity contribution >= 4 is 11.7 Å². The molecule has 0 aliphatic heterocycles. The van der Waals surface area contributed by atoms with Crippen LogP contribution in [0.4, 0.5) is 5.82 Å². The second-order valence-electron chi connectivity index (χ2n) is 5.66. The Morgan fingerprint density at radius 2 is 1.88 bits per heavy atom. The van der Waals surface area contributed by atoms with Gasteiger partial charge in [-0.3, -0.25) is 9.59 Å². The van der Waals surface area contributed by atoms with Gasteiger partial charge in [0.05, 0.1) is 12.8 Å². The molecule has 0 aliphatic rings. The number of anilines is 1. The predicted molar refractivity (Wildman–Crippen MR) is 98.1 cm³/mol. The Kier molecular flexibility index (Phi) is 5.07. The van der Waals surface area contributed by atoms with E-state index in [0.29, 0.717) is 11.5 Å². The van der Waals surface area contributed by atoms with Gasteiger partial charge in [-0.05, 0) is 49.4 Å². The van der Waals surface area contributed by atoms with Crippen LogP contribution in [-0.2, 0) is 11.3 Å². The predicted octanol–water partition coefficient (Wildman–Crippen LogP) is 2.26. The highest BCUT2D eigenvalue weighted by molar-refractivity contribution is 5.89. The Labute approximate surface area is 150 Å². The van der Waals surface area contributed by atoms with Gasteiger partial charge in [-0.15, -0.1) is 0 Å². The monoisotopic (exact) mass is 350 g/mol. The molecule has 0 saturated carbocycles. The molecule has 0 radical (unpaired) electrons. The number of nitrogens with one attached hydrogen (secondary N) is 1. The van der Waals surface area contributed by atoms with Crippen LogP contribution in [0.1, 0.15) is 5.69 Å². The van der Waals surface area contributed by atoms with Crippen molar-refractivity contribution < 1.29 is 9.53 Å². The summed E-state index contributed by atoms with van der Waals surface area (Å²) in [6.07, 6.45) is 0. The molecule has 3 rings (SSSR count). The lowest BCUT2D eigenvalue weighted by Gasteiger charge is -2.08. The molecule has 7 heteroatoms. The molecule has 2 heterocycles. The van der Waals surface area contributed by atoms with E-state index in [2.05, 4.69) is 15.4 Å². The van der Waals surface area contributed by atoms with Crippen LogP contribution in [0.2, 0.25) is 0 Å². The van der Waals surface area contributed by atoms with Gasteiger partial charge >= 0.3 is 0 Å². The number of hydrogen-bond acceptors (Lipinski definition) is 5. The summed E-state index contributed by atoms with van der Waals surface area (Å²) in [5, 5.41) is 6.95. The number of aryl methyl sites for hydroxylation is 1. The van der Waals surface area contributed by atoms with Crippen molar-refractivity contribution in [3.63, 3.8) is 0 Å². The zero-order chi connectivity index (χ0) is 18.5. The molecule has 0 unspecified atom stereocenters. The number of aromatic nitrogens is 3. The van der Waals surface area contributed by atoms with Gasteiger partial charge in [0.25, 0.3) is 5.56 Å². The first kappa shape index (κ1) is 17.3. The van der Waals surface area contributed by atoms with Crippen molar-refractivity contribution in [3.05, 3.63) is 70.6 Å². The maximum atomic E-state index is 12.2. The highest BCUT2D eigenvalue weighted by atomic mass is 16.5. The first-order valence-corrected chi connectivity index (χ1v) is 8.01. The fourth-order valence-corrected chi connectivity index (χ4v) is 2.41. The molecule has 1 amide bonds. The molecule has 0 fully saturated rings. The van der Waals surface area contributed by atoms with E-state index in [1.807, 2.05) is 37.3 Å². The van der Waals surface area contributed by atoms with Crippen molar-refractivity contribution in [2.75, 3.05) is 12.4 Å². The highest BCUT2D eigenvalue weighted by Gasteiger charge is 2.09. The van der Waals surface area contributed by atoms with Crippen molar-refractivity contribution in [3.8, 4) is 17.0 Å². The molecule has 132 valence electrons. The van der Waals surface area contributed by atoms with Crippen LogP contribution in [0.5, 0.6) is 5.75 Å². The van der Waals surface area contributed by atoms with Gasteiger partial charge in [0.1, 0.15) is 18.1 Å². The lowest BCUT2D eigenvalue weighted by molar-refractivity contribution is -0.117. The number of hydrogen-bond donors (Lipinski definition) is 1. The maximum absolute atomic E-state index is 12.2. The summed E-state index contributed by atoms with van der Waals surface area (Å²) in [6.45, 7) is 1.64. The standard InChI is InChI=1S/C19H18N4O3/c1-13-4-3-5-17(20-13)21-18(24)12-23-19(25)11-10-16(22-23)14-6-8-15(26-2)9-7-14/h3-11H,12H2,1-2H3,(H,20,21,24). The van der Waals surface area contributed by atoms with Crippen molar-refractivity contribution in [1.29, 1.82) is 0 Å². The third-order valence-electron chi connectivity index (χ3n) is 3.70. The minimum Gasteiger partial charge on any atom is -0.497 e. The molecule has 7 nitrogen and oxygen atoms in total. The molecular formula is C19H18N4O3. The number of pyridine rings is 1. The van der Waals surface area contributed by atoms with Gasteiger partial charge in [-0.25, -0.2) is 9.67 Å². The SMILES string of the molecule is COc1ccc(-c2ccc(=O)n(CC(=O)Nc3cccc(C)n3)n2)cc1. The van der Waals surface area contributed by atoms with E-state index in [1.165, 1.54) is 6.07 Å². The summed E-state index contributed by atoms with van der Waals surface area (Å²) in [5.41, 5.74) is 1.85. The number of amides is 1. The normalized spacial score (nSPS) is 10.4. The molecule has 0 atom stereocenters. The molecule has 1 aromatic carbocycles. The van der Waals surface area contributed by atoms with Gasteiger partial charge in [-0.1, -0.05) is 6.07 Å². The van der Waals surface area contributed by atoms with Crippen LogP contribution >= 0.6 is 0 Å². The Balaban J connectivity index is 1.79. The van der Waals surface area contributed by atoms with Gasteiger partial charge in [0, 0.05) is 17.3 Å². The zero-order valence-corrected chi connectivity index (χ0v) is 14.5. The van der Waals surface area contributed by atoms with Gasteiger partial charge in [-0.2, -0.15) is 5.10 Å². The van der Waals surface area contributed by atoms with Crippen LogP contribution in [0.3, 0.4) is 0 Å². The molecular weight excluding hydrogens is 332 g/mol. The first-order valence-electron chi connectivity index (χ1n) is 8.01. The molecule has 2 aromatic heterocycles. The maximum Gasteiger partial charge on any atom is 0.267 e. The molecule has 1 N–H and O–H groups in total. The second-order valence-corrected chi connectivity index (χ2v) is 5.66. The fourth-order valence-electron chi connectivity index (χ4n) is 2.41. The van der Waals surface area contributed by atoms with Crippen molar-refractivity contribution in [1.82, 2.24) is 14.8 Å². The summed E-state index contributed by atoms with van der Waals surface area (Å²) in [5.74, 6) is 0.797. The van der Waals surface area contributed by atoms with Crippen LogP contribution in [0.25, 0.3) is 11.3 Å². The lowest BCUT2D eigenvalue weighted by atomic mass is 10.1. The number of rotatable bonds is 5. The number of ether oxygens (including phenoxy) is 1. The van der Waals surface area contributed by atoms with Crippen LogP contribution in [-0.4, -0.2) is 27.8 Å². The number of carbonyl (C=O) groups is 1. The third-order valence-corrected chi connectivity index (χ3v) is 3.70. The Bertz CT molecular complexity index is 981. The molecule has 0 bridgehead atoms. The van der Waals surface area contributed by atoms with E-state index < -0.39 is 0 Å². The molecule has 0 spiro atoms. The fraction of sp³-hybridized carbons (Fsp3) is 0.158. The minimum absolute atomic E-state index is 0.196. The summed E-state index contributed by atoms with van der Waals surface area (Å²) in [4.78, 5) is 28.4. The number of benzene rings is 1. The lowest BCUT2D eigenvalue weighted by Crippen LogP contribution is -2.29. The summed E-state index contributed by atoms with van der Waals surface area (Å²) < 4.78 is 6.26. The smallest absolute Gasteiger partial charge is 0.267 e. The van der Waals surface area contributed by atoms with Gasteiger partial charge < -0.3 is 10.1 Å². The van der Waals surface area contributed by atoms with E-state index in [0.717, 1.165) is 21.7 Å². The molecule has 0 saturated heterocycles. The zero-order valence-electron chi connectivity index (χ0n) is 14.5. The van der Waals surface area contributed by atoms with Gasteiger partial charge in [0.15, 0.2) is 0 Å². The van der Waals surface area contributed by atoms with Crippen LogP contribution < -0.4 is 15.6 Å². The van der Waals surface area contributed by atoms with Crippen LogP contribution in [0.15, 0.2) is 59.4 Å². The summed E-state index contributed by atoms with van der Waals surface area (Å²) >= 11 is 0. The highest BCUT2D eigenvalue weighted by Crippen LogP contribution is 2.19. The molecule has 0 aliphatic carbocycles. The average Bonchev–Trinajstić information content (AvgIpc) is 2.63. The Hall–Kier alpha value is -3.48. The number of methoxy groups -OCH3 is 1. The van der Waals surface area contributed by atoms with E-state index in [1.54, 1.807) is 25.3 Å². The molecule has 26 heavy (non-hydrogen) atoms. The first-order chi connectivity index (χ1) is 12.5. The number of nitrogens with zero attached hydrogens (tertiary/aromatic N) is 3. The summed E-state index contributed by atoms with van der Waals surface area (Å²) in [6, 6.07) is 15.6. The van der Waals surface area contributed by atoms with E-state index in [9.17, 15) is 9.59 Å². The Morgan fingerprint density at radius 3 is 2.58 bits per heavy atom. The quantitative estimate of drug-likeness (QED) is 0.763. The van der Waals surface area contributed by atoms with Crippen LogP contribution in [0, 0.1) is 6.92 Å². The van der Waals surface area contributed by atoms with Crippen molar-refractivity contribution in [2.45, 2.75) is 13.5 Å². The van der Waals surface area contributed by atoms with E-state index in [-0.39, 0.29) is 18.0 Å². The number of carbonyl (C=O) groups excluding carboxylic acids is 1. The topological polar surface area (TPSA) is 86.1 Å². The second kappa shape index (κ2) is 7.60. The largest absolute Gasteiger partial charge is 0.497 e. The molecule has 3 aromatic rings. The third kappa shape index (κ3) is 4.13. The minimum atomic E-state index is -0.371. The van der Waals surface area contributed by atoms with Crippen molar-refractivity contribution in [2.24, 2.45) is 0 Å². The van der Waals surface area contributed by atoms with E-state index in [4.69, 9.17) is 4.74 Å². The summed E-state index contributed by atoms with van der Waals surface area (Å²) in [7, 11) is 1.59. The van der Waals surface area contributed by atoms with E-state index >= 15 is 0 Å². The van der Waals surface area contributed by atoms with Gasteiger partial charge in [0.2, 0.25) is 5.91 Å². The Morgan fingerprint density at radius 1 is 1.12 bits per heavy atom.